The van der Waals surface area contributed by atoms with Gasteiger partial charge in [0.05, 0.1) is 25.6 Å². The largest absolute Gasteiger partial charge is 0.501 e. The molecule has 0 fully saturated rings. The van der Waals surface area contributed by atoms with Gasteiger partial charge in [0.25, 0.3) is 0 Å². The topological polar surface area (TPSA) is 56.5 Å². The minimum atomic E-state index is -0.202. The standard InChI is InChI=1S/C39H70N2O2/c1-19-31(30(7)40)21-22-32(20-2)35(41-17)39(16,24-23-28(5)38(14,15)27(3)4)29(6)26-43-34(37(11,12)13)25-33(42-18)36(8,9)10/h21-22,25,29,34,41H,3,5,19-20,23-24,26,40H2,1-2,4,6-18H3/b22-21-,31-30+,33-25-,35-32+. The molecule has 248 valence electrons. The van der Waals surface area contributed by atoms with Gasteiger partial charge in [-0.1, -0.05) is 120 Å². The molecule has 43 heavy (non-hydrogen) atoms. The van der Waals surface area contributed by atoms with E-state index in [-0.39, 0.29) is 33.7 Å². The summed E-state index contributed by atoms with van der Waals surface area (Å²) < 4.78 is 12.7. The third kappa shape index (κ3) is 11.7. The molecule has 3 atom stereocenters. The number of hydrogen-bond acceptors (Lipinski definition) is 4. The number of nitrogens with one attached hydrogen (secondary N) is 1. The van der Waals surface area contributed by atoms with Gasteiger partial charge in [0.2, 0.25) is 0 Å². The highest BCUT2D eigenvalue weighted by molar-refractivity contribution is 5.35. The van der Waals surface area contributed by atoms with E-state index >= 15 is 0 Å². The third-order valence-electron chi connectivity index (χ3n) is 9.52. The van der Waals surface area contributed by atoms with Crippen LogP contribution in [0.1, 0.15) is 123 Å². The molecule has 3 N–H and O–H groups in total. The van der Waals surface area contributed by atoms with Crippen molar-refractivity contribution in [3.63, 3.8) is 0 Å². The summed E-state index contributed by atoms with van der Waals surface area (Å²) in [5, 5.41) is 3.66. The summed E-state index contributed by atoms with van der Waals surface area (Å²) in [7, 11) is 3.81. The molecular formula is C39H70N2O2. The molecule has 0 aliphatic heterocycles. The third-order valence-corrected chi connectivity index (χ3v) is 9.52. The molecule has 0 aromatic rings. The Hall–Kier alpha value is -2.20. The van der Waals surface area contributed by atoms with Gasteiger partial charge < -0.3 is 20.5 Å². The number of nitrogens with two attached hydrogens (primary N) is 1. The first-order chi connectivity index (χ1) is 19.5. The molecule has 0 bridgehead atoms. The molecule has 0 saturated carbocycles. The van der Waals surface area contributed by atoms with Crippen LogP contribution in [0.2, 0.25) is 0 Å². The summed E-state index contributed by atoms with van der Waals surface area (Å²) in [5.41, 5.74) is 12.6. The highest BCUT2D eigenvalue weighted by Crippen LogP contribution is 2.45. The average Bonchev–Trinajstić information content (AvgIpc) is 2.89. The molecule has 0 aromatic heterocycles. The molecule has 4 nitrogen and oxygen atoms in total. The van der Waals surface area contributed by atoms with Gasteiger partial charge in [-0.15, -0.1) is 0 Å². The molecule has 4 heteroatoms. The molecule has 0 spiro atoms. The molecule has 0 aliphatic carbocycles. The van der Waals surface area contributed by atoms with Gasteiger partial charge in [0.15, 0.2) is 0 Å². The van der Waals surface area contributed by atoms with E-state index < -0.39 is 0 Å². The van der Waals surface area contributed by atoms with E-state index in [1.807, 2.05) is 6.92 Å². The van der Waals surface area contributed by atoms with Crippen molar-refractivity contribution in [2.75, 3.05) is 20.8 Å². The van der Waals surface area contributed by atoms with Crippen LogP contribution >= 0.6 is 0 Å². The smallest absolute Gasteiger partial charge is 0.0994 e. The minimum absolute atomic E-state index is 0.0904. The van der Waals surface area contributed by atoms with E-state index in [4.69, 9.17) is 15.2 Å². The number of rotatable bonds is 17. The van der Waals surface area contributed by atoms with Gasteiger partial charge >= 0.3 is 0 Å². The summed E-state index contributed by atoms with van der Waals surface area (Å²) in [6.45, 7) is 40.3. The molecule has 0 radical (unpaired) electrons. The minimum Gasteiger partial charge on any atom is -0.501 e. The van der Waals surface area contributed by atoms with Gasteiger partial charge in [0, 0.05) is 34.7 Å². The molecule has 0 rings (SSSR count). The quantitative estimate of drug-likeness (QED) is 0.0993. The summed E-state index contributed by atoms with van der Waals surface area (Å²) in [4.78, 5) is 0. The predicted octanol–water partition coefficient (Wildman–Crippen LogP) is 10.7. The second-order valence-corrected chi connectivity index (χ2v) is 15.3. The average molecular weight is 599 g/mol. The lowest BCUT2D eigenvalue weighted by Gasteiger charge is -2.42. The van der Waals surface area contributed by atoms with Crippen LogP contribution in [-0.4, -0.2) is 26.9 Å². The van der Waals surface area contributed by atoms with E-state index in [0.29, 0.717) is 6.61 Å². The molecule has 0 amide bonds. The number of ether oxygens (including phenoxy) is 2. The van der Waals surface area contributed by atoms with Gasteiger partial charge in [0.1, 0.15) is 0 Å². The zero-order valence-corrected chi connectivity index (χ0v) is 31.2. The van der Waals surface area contributed by atoms with Crippen LogP contribution in [-0.2, 0) is 9.47 Å². The van der Waals surface area contributed by atoms with Crippen molar-refractivity contribution in [2.24, 2.45) is 33.3 Å². The van der Waals surface area contributed by atoms with Crippen molar-refractivity contribution in [3.8, 4) is 0 Å². The molecule has 0 heterocycles. The fourth-order valence-corrected chi connectivity index (χ4v) is 5.30. The first kappa shape index (κ1) is 40.8. The van der Waals surface area contributed by atoms with E-state index in [0.717, 1.165) is 42.7 Å². The van der Waals surface area contributed by atoms with Crippen molar-refractivity contribution >= 4 is 0 Å². The maximum absolute atomic E-state index is 6.82. The van der Waals surface area contributed by atoms with Crippen LogP contribution in [0.3, 0.4) is 0 Å². The molecular weight excluding hydrogens is 528 g/mol. The van der Waals surface area contributed by atoms with Crippen LogP contribution in [0.25, 0.3) is 0 Å². The van der Waals surface area contributed by atoms with E-state index in [1.54, 1.807) is 7.11 Å². The van der Waals surface area contributed by atoms with Crippen LogP contribution in [0.4, 0.5) is 0 Å². The van der Waals surface area contributed by atoms with Crippen LogP contribution in [0.15, 0.2) is 70.8 Å². The van der Waals surface area contributed by atoms with Crippen LogP contribution in [0.5, 0.6) is 0 Å². The number of allylic oxidation sites excluding steroid dienone is 9. The Morgan fingerprint density at radius 1 is 0.907 bits per heavy atom. The highest BCUT2D eigenvalue weighted by atomic mass is 16.5. The fraction of sp³-hybridized carbons (Fsp3) is 0.692. The van der Waals surface area contributed by atoms with E-state index in [2.05, 4.69) is 134 Å². The summed E-state index contributed by atoms with van der Waals surface area (Å²) >= 11 is 0. The molecule has 0 aromatic carbocycles. The lowest BCUT2D eigenvalue weighted by Crippen LogP contribution is -2.39. The Labute approximate surface area is 268 Å². The monoisotopic (exact) mass is 599 g/mol. The zero-order valence-electron chi connectivity index (χ0n) is 31.2. The van der Waals surface area contributed by atoms with Gasteiger partial charge in [-0.25, -0.2) is 0 Å². The maximum atomic E-state index is 6.82. The lowest BCUT2D eigenvalue weighted by molar-refractivity contribution is -0.0242. The molecule has 0 aliphatic rings. The summed E-state index contributed by atoms with van der Waals surface area (Å²) in [5.74, 6) is 1.16. The van der Waals surface area contributed by atoms with Gasteiger partial charge in [-0.3, -0.25) is 0 Å². The maximum Gasteiger partial charge on any atom is 0.0994 e. The Balaban J connectivity index is 6.91. The summed E-state index contributed by atoms with van der Waals surface area (Å²) in [6, 6.07) is 0. The van der Waals surface area contributed by atoms with E-state index in [9.17, 15) is 0 Å². The molecule has 3 unspecified atom stereocenters. The predicted molar refractivity (Wildman–Crippen MR) is 191 cm³/mol. The van der Waals surface area contributed by atoms with Gasteiger partial charge in [-0.05, 0) is 68.1 Å². The highest BCUT2D eigenvalue weighted by Gasteiger charge is 2.38. The van der Waals surface area contributed by atoms with E-state index in [1.165, 1.54) is 22.4 Å². The van der Waals surface area contributed by atoms with Crippen molar-refractivity contribution in [1.29, 1.82) is 0 Å². The Morgan fingerprint density at radius 3 is 1.79 bits per heavy atom. The zero-order chi connectivity index (χ0) is 34.0. The SMILES string of the molecule is C=C(C)C(C)(C)C(=C)CCC(C)(\C(NC)=C(/C=C\C(CC)=C(/C)N)CC)C(C)COC(/C=C(\OC)C(C)(C)C)C(C)(C)C. The second kappa shape index (κ2) is 16.8. The van der Waals surface area contributed by atoms with Crippen molar-refractivity contribution in [1.82, 2.24) is 5.32 Å². The van der Waals surface area contributed by atoms with Crippen molar-refractivity contribution in [3.05, 3.63) is 70.8 Å². The van der Waals surface area contributed by atoms with Crippen LogP contribution < -0.4 is 11.1 Å². The first-order valence-corrected chi connectivity index (χ1v) is 16.3. The Morgan fingerprint density at radius 2 is 1.42 bits per heavy atom. The molecule has 0 saturated heterocycles. The van der Waals surface area contributed by atoms with Crippen molar-refractivity contribution < 1.29 is 9.47 Å². The first-order valence-electron chi connectivity index (χ1n) is 16.3. The Kier molecular flexibility index (Phi) is 15.9. The fourth-order valence-electron chi connectivity index (χ4n) is 5.30. The van der Waals surface area contributed by atoms with Crippen LogP contribution in [0, 0.1) is 27.6 Å². The summed E-state index contributed by atoms with van der Waals surface area (Å²) in [6.07, 6.45) is 10.2. The van der Waals surface area contributed by atoms with Gasteiger partial charge in [-0.2, -0.15) is 0 Å². The van der Waals surface area contributed by atoms with Crippen molar-refractivity contribution in [2.45, 2.75) is 129 Å². The lowest BCUT2D eigenvalue weighted by atomic mass is 9.68. The second-order valence-electron chi connectivity index (χ2n) is 15.3. The number of methoxy groups -OCH3 is 1. The normalized spacial score (nSPS) is 17.5. The number of hydrogen-bond donors (Lipinski definition) is 2. The Bertz CT molecular complexity index is 1050.